The molecule has 3 unspecified atom stereocenters. The van der Waals surface area contributed by atoms with Crippen molar-refractivity contribution < 1.29 is 4.74 Å². The standard InChI is InChI=1S/C13H26N2O/c1-11(6-7-14)3-2-8-15-9-12-4-5-13(10-15)16-12/h11-13H,2-10,14H2,1H3. The van der Waals surface area contributed by atoms with Crippen molar-refractivity contribution in [3.63, 3.8) is 0 Å². The molecule has 2 N–H and O–H groups in total. The van der Waals surface area contributed by atoms with Crippen molar-refractivity contribution in [1.29, 1.82) is 0 Å². The molecule has 2 bridgehead atoms. The van der Waals surface area contributed by atoms with E-state index >= 15 is 0 Å². The highest BCUT2D eigenvalue weighted by Crippen LogP contribution is 2.26. The lowest BCUT2D eigenvalue weighted by Gasteiger charge is -2.32. The number of rotatable bonds is 6. The third-order valence-electron chi connectivity index (χ3n) is 3.95. The third-order valence-corrected chi connectivity index (χ3v) is 3.95. The Bertz CT molecular complexity index is 198. The molecule has 0 saturated carbocycles. The zero-order valence-corrected chi connectivity index (χ0v) is 10.5. The molecule has 0 spiro atoms. The van der Waals surface area contributed by atoms with Crippen LogP contribution in [0.5, 0.6) is 0 Å². The first-order valence-corrected chi connectivity index (χ1v) is 6.86. The van der Waals surface area contributed by atoms with Crippen LogP contribution in [0.3, 0.4) is 0 Å². The van der Waals surface area contributed by atoms with Gasteiger partial charge in [-0.25, -0.2) is 0 Å². The van der Waals surface area contributed by atoms with Crippen molar-refractivity contribution in [2.75, 3.05) is 26.2 Å². The minimum atomic E-state index is 0.542. The van der Waals surface area contributed by atoms with Crippen LogP contribution in [0.2, 0.25) is 0 Å². The number of hydrogen-bond donors (Lipinski definition) is 1. The van der Waals surface area contributed by atoms with Gasteiger partial charge in [-0.15, -0.1) is 0 Å². The third kappa shape index (κ3) is 3.44. The largest absolute Gasteiger partial charge is 0.372 e. The Morgan fingerprint density at radius 3 is 2.56 bits per heavy atom. The van der Waals surface area contributed by atoms with Gasteiger partial charge in [-0.1, -0.05) is 6.92 Å². The molecule has 2 aliphatic heterocycles. The minimum absolute atomic E-state index is 0.542. The van der Waals surface area contributed by atoms with Gasteiger partial charge in [0.1, 0.15) is 0 Å². The zero-order valence-electron chi connectivity index (χ0n) is 10.5. The van der Waals surface area contributed by atoms with Gasteiger partial charge in [0.2, 0.25) is 0 Å². The van der Waals surface area contributed by atoms with Crippen molar-refractivity contribution in [2.45, 2.75) is 51.2 Å². The normalized spacial score (nSPS) is 31.9. The van der Waals surface area contributed by atoms with E-state index in [2.05, 4.69) is 11.8 Å². The van der Waals surface area contributed by atoms with Crippen LogP contribution in [-0.2, 0) is 4.74 Å². The summed E-state index contributed by atoms with van der Waals surface area (Å²) in [5.41, 5.74) is 5.56. The molecule has 3 heteroatoms. The molecule has 2 heterocycles. The van der Waals surface area contributed by atoms with E-state index in [0.717, 1.165) is 12.5 Å². The molecule has 94 valence electrons. The highest BCUT2D eigenvalue weighted by Gasteiger charge is 2.33. The lowest BCUT2D eigenvalue weighted by Crippen LogP contribution is -2.42. The predicted molar refractivity (Wildman–Crippen MR) is 66.4 cm³/mol. The molecule has 0 aromatic heterocycles. The first-order chi connectivity index (χ1) is 7.78. The summed E-state index contributed by atoms with van der Waals surface area (Å²) in [6, 6.07) is 0. The maximum absolute atomic E-state index is 5.84. The molecule has 0 amide bonds. The van der Waals surface area contributed by atoms with Gasteiger partial charge < -0.3 is 10.5 Å². The monoisotopic (exact) mass is 226 g/mol. The van der Waals surface area contributed by atoms with Gasteiger partial charge in [-0.05, 0) is 51.1 Å². The lowest BCUT2D eigenvalue weighted by molar-refractivity contribution is -0.0387. The van der Waals surface area contributed by atoms with E-state index in [1.54, 1.807) is 0 Å². The SMILES string of the molecule is CC(CCN)CCCN1CC2CCC(C1)O2. The molecule has 2 rings (SSSR count). The van der Waals surface area contributed by atoms with Crippen LogP contribution in [0.25, 0.3) is 0 Å². The van der Waals surface area contributed by atoms with E-state index in [-0.39, 0.29) is 0 Å². The molecule has 0 aliphatic carbocycles. The minimum Gasteiger partial charge on any atom is -0.372 e. The predicted octanol–water partition coefficient (Wildman–Crippen LogP) is 1.61. The van der Waals surface area contributed by atoms with Crippen LogP contribution in [0, 0.1) is 5.92 Å². The quantitative estimate of drug-likeness (QED) is 0.748. The van der Waals surface area contributed by atoms with E-state index in [9.17, 15) is 0 Å². The summed E-state index contributed by atoms with van der Waals surface area (Å²) in [4.78, 5) is 2.60. The number of hydrogen-bond acceptors (Lipinski definition) is 3. The van der Waals surface area contributed by atoms with Crippen molar-refractivity contribution in [1.82, 2.24) is 4.90 Å². The molecule has 0 aromatic rings. The highest BCUT2D eigenvalue weighted by molar-refractivity contribution is 4.84. The van der Waals surface area contributed by atoms with E-state index in [0.29, 0.717) is 12.2 Å². The second kappa shape index (κ2) is 5.99. The summed E-state index contributed by atoms with van der Waals surface area (Å²) in [6.45, 7) is 6.74. The fourth-order valence-electron chi connectivity index (χ4n) is 2.97. The number of likely N-dealkylation sites (tertiary alicyclic amines) is 1. The van der Waals surface area contributed by atoms with Crippen LogP contribution in [-0.4, -0.2) is 43.3 Å². The Balaban J connectivity index is 1.60. The Labute approximate surface area is 99.3 Å². The second-order valence-corrected chi connectivity index (χ2v) is 5.54. The average Bonchev–Trinajstić information content (AvgIpc) is 2.59. The maximum atomic E-state index is 5.84. The Hall–Kier alpha value is -0.120. The zero-order chi connectivity index (χ0) is 11.4. The van der Waals surface area contributed by atoms with Crippen molar-refractivity contribution in [3.05, 3.63) is 0 Å². The fourth-order valence-corrected chi connectivity index (χ4v) is 2.97. The fraction of sp³-hybridized carbons (Fsp3) is 1.00. The van der Waals surface area contributed by atoms with Crippen LogP contribution in [0.4, 0.5) is 0 Å². The molecule has 2 aliphatic rings. The first-order valence-electron chi connectivity index (χ1n) is 6.86. The highest BCUT2D eigenvalue weighted by atomic mass is 16.5. The van der Waals surface area contributed by atoms with E-state index in [1.807, 2.05) is 0 Å². The van der Waals surface area contributed by atoms with Gasteiger partial charge in [0.05, 0.1) is 12.2 Å². The van der Waals surface area contributed by atoms with Gasteiger partial charge in [-0.3, -0.25) is 4.90 Å². The van der Waals surface area contributed by atoms with Gasteiger partial charge in [-0.2, -0.15) is 0 Å². The molecule has 3 atom stereocenters. The number of fused-ring (bicyclic) bond motifs is 2. The average molecular weight is 226 g/mol. The van der Waals surface area contributed by atoms with Crippen LogP contribution < -0.4 is 5.73 Å². The summed E-state index contributed by atoms with van der Waals surface area (Å²) >= 11 is 0. The van der Waals surface area contributed by atoms with Crippen LogP contribution >= 0.6 is 0 Å². The van der Waals surface area contributed by atoms with Crippen LogP contribution in [0.15, 0.2) is 0 Å². The smallest absolute Gasteiger partial charge is 0.0707 e. The van der Waals surface area contributed by atoms with Crippen molar-refractivity contribution >= 4 is 0 Å². The van der Waals surface area contributed by atoms with E-state index < -0.39 is 0 Å². The number of nitrogens with two attached hydrogens (primary N) is 1. The van der Waals surface area contributed by atoms with Crippen molar-refractivity contribution in [2.24, 2.45) is 11.7 Å². The summed E-state index contributed by atoms with van der Waals surface area (Å²) in [6.07, 6.45) is 7.47. The van der Waals surface area contributed by atoms with Crippen molar-refractivity contribution in [3.8, 4) is 0 Å². The van der Waals surface area contributed by atoms with E-state index in [4.69, 9.17) is 10.5 Å². The summed E-state index contributed by atoms with van der Waals surface area (Å²) in [7, 11) is 0. The molecule has 3 nitrogen and oxygen atoms in total. The molecular weight excluding hydrogens is 200 g/mol. The molecule has 2 fully saturated rings. The topological polar surface area (TPSA) is 38.5 Å². The second-order valence-electron chi connectivity index (χ2n) is 5.54. The molecule has 2 saturated heterocycles. The summed E-state index contributed by atoms with van der Waals surface area (Å²) in [5, 5.41) is 0. The Morgan fingerprint density at radius 2 is 1.94 bits per heavy atom. The number of ether oxygens (including phenoxy) is 1. The first kappa shape index (κ1) is 12.3. The Kier molecular flexibility index (Phi) is 4.62. The molecule has 0 radical (unpaired) electrons. The molecule has 0 aromatic carbocycles. The number of morpholine rings is 1. The van der Waals surface area contributed by atoms with Gasteiger partial charge in [0, 0.05) is 13.1 Å². The maximum Gasteiger partial charge on any atom is 0.0707 e. The Morgan fingerprint density at radius 1 is 1.25 bits per heavy atom. The molecular formula is C13H26N2O. The molecule has 16 heavy (non-hydrogen) atoms. The lowest BCUT2D eigenvalue weighted by atomic mass is 10.0. The summed E-state index contributed by atoms with van der Waals surface area (Å²) < 4.78 is 5.84. The summed E-state index contributed by atoms with van der Waals surface area (Å²) in [5.74, 6) is 0.794. The van der Waals surface area contributed by atoms with Gasteiger partial charge in [0.15, 0.2) is 0 Å². The number of nitrogens with zero attached hydrogens (tertiary/aromatic N) is 1. The van der Waals surface area contributed by atoms with Gasteiger partial charge in [0.25, 0.3) is 0 Å². The van der Waals surface area contributed by atoms with E-state index in [1.165, 1.54) is 51.7 Å². The van der Waals surface area contributed by atoms with Crippen LogP contribution in [0.1, 0.15) is 39.0 Å². The van der Waals surface area contributed by atoms with Gasteiger partial charge >= 0.3 is 0 Å².